The van der Waals surface area contributed by atoms with Gasteiger partial charge in [-0.15, -0.1) is 0 Å². The number of hydrogen-bond donors (Lipinski definition) is 1. The lowest BCUT2D eigenvalue weighted by atomic mass is 9.78. The lowest BCUT2D eigenvalue weighted by Crippen LogP contribution is -2.47. The van der Waals surface area contributed by atoms with Crippen LogP contribution in [-0.2, 0) is 0 Å². The van der Waals surface area contributed by atoms with Crippen LogP contribution < -0.4 is 10.6 Å². The lowest BCUT2D eigenvalue weighted by Gasteiger charge is -2.46. The highest BCUT2D eigenvalue weighted by atomic mass is 15.2. The zero-order chi connectivity index (χ0) is 13.2. The van der Waals surface area contributed by atoms with Crippen LogP contribution >= 0.6 is 0 Å². The smallest absolute Gasteiger partial charge is 0.0417 e. The van der Waals surface area contributed by atoms with E-state index in [0.717, 1.165) is 12.0 Å². The molecule has 2 N–H and O–H groups in total. The van der Waals surface area contributed by atoms with Crippen LogP contribution in [0.25, 0.3) is 0 Å². The highest BCUT2D eigenvalue weighted by Crippen LogP contribution is 2.39. The zero-order valence-electron chi connectivity index (χ0n) is 12.0. The van der Waals surface area contributed by atoms with Crippen molar-refractivity contribution in [2.45, 2.75) is 57.5 Å². The van der Waals surface area contributed by atoms with E-state index >= 15 is 0 Å². The maximum atomic E-state index is 6.16. The highest BCUT2D eigenvalue weighted by molar-refractivity contribution is 5.56. The Balaban J connectivity index is 1.91. The largest absolute Gasteiger partial charge is 0.368 e. The van der Waals surface area contributed by atoms with Crippen LogP contribution in [0.4, 0.5) is 5.69 Å². The molecule has 0 radical (unpaired) electrons. The molecule has 1 heterocycles. The Morgan fingerprint density at radius 1 is 1.11 bits per heavy atom. The topological polar surface area (TPSA) is 29.3 Å². The van der Waals surface area contributed by atoms with Gasteiger partial charge in [0.15, 0.2) is 0 Å². The Labute approximate surface area is 117 Å². The molecule has 1 aliphatic heterocycles. The van der Waals surface area contributed by atoms with E-state index < -0.39 is 0 Å². The maximum absolute atomic E-state index is 6.16. The molecule has 1 aliphatic carbocycles. The van der Waals surface area contributed by atoms with Crippen molar-refractivity contribution >= 4 is 5.69 Å². The Bertz CT molecular complexity index is 425. The summed E-state index contributed by atoms with van der Waals surface area (Å²) in [5, 5.41) is 0. The molecule has 0 aromatic heterocycles. The van der Waals surface area contributed by atoms with Gasteiger partial charge in [-0.3, -0.25) is 0 Å². The molecule has 0 spiro atoms. The van der Waals surface area contributed by atoms with Crippen molar-refractivity contribution in [3.8, 4) is 0 Å². The van der Waals surface area contributed by atoms with Crippen LogP contribution in [-0.4, -0.2) is 12.6 Å². The molecule has 2 aliphatic rings. The first-order valence-electron chi connectivity index (χ1n) is 7.88. The van der Waals surface area contributed by atoms with Crippen molar-refractivity contribution in [3.05, 3.63) is 29.8 Å². The maximum Gasteiger partial charge on any atom is 0.0417 e. The van der Waals surface area contributed by atoms with E-state index in [1.807, 2.05) is 0 Å². The van der Waals surface area contributed by atoms with Crippen LogP contribution in [0.15, 0.2) is 24.3 Å². The van der Waals surface area contributed by atoms with Gasteiger partial charge < -0.3 is 10.6 Å². The van der Waals surface area contributed by atoms with Gasteiger partial charge in [0.1, 0.15) is 0 Å². The monoisotopic (exact) mass is 258 g/mol. The van der Waals surface area contributed by atoms with E-state index in [0.29, 0.717) is 0 Å². The predicted octanol–water partition coefficient (Wildman–Crippen LogP) is 3.87. The average molecular weight is 258 g/mol. The number of fused-ring (bicyclic) bond motifs is 1. The molecule has 104 valence electrons. The van der Waals surface area contributed by atoms with Gasteiger partial charge >= 0.3 is 0 Å². The molecular formula is C17H26N2. The molecule has 1 aromatic rings. The van der Waals surface area contributed by atoms with E-state index in [9.17, 15) is 0 Å². The van der Waals surface area contributed by atoms with Crippen LogP contribution in [0.5, 0.6) is 0 Å². The molecule has 2 unspecified atom stereocenters. The van der Waals surface area contributed by atoms with Crippen LogP contribution in [0.1, 0.15) is 57.1 Å². The number of rotatable bonds is 2. The molecule has 2 fully saturated rings. The molecule has 0 amide bonds. The van der Waals surface area contributed by atoms with Crippen molar-refractivity contribution in [2.24, 2.45) is 11.7 Å². The molecule has 3 atom stereocenters. The summed E-state index contributed by atoms with van der Waals surface area (Å²) in [5.74, 6) is 0.920. The number of anilines is 1. The average Bonchev–Trinajstić information content (AvgIpc) is 2.46. The fourth-order valence-electron chi connectivity index (χ4n) is 4.06. The standard InChI is InChI=1S/C17H26N2/c1-13(18)15-9-3-5-11-17(15)19-12-6-8-14-7-2-4-10-16(14)19/h3,5,9,11,13-14,16H,2,4,6-8,10,12,18H2,1H3/t13-,14?,16?/m1/s1. The first-order chi connectivity index (χ1) is 9.27. The first kappa shape index (κ1) is 13.0. The van der Waals surface area contributed by atoms with E-state index in [1.54, 1.807) is 0 Å². The van der Waals surface area contributed by atoms with Crippen molar-refractivity contribution in [3.63, 3.8) is 0 Å². The number of para-hydroxylation sites is 1. The summed E-state index contributed by atoms with van der Waals surface area (Å²) in [6.07, 6.45) is 8.41. The quantitative estimate of drug-likeness (QED) is 0.872. The molecule has 19 heavy (non-hydrogen) atoms. The molecular weight excluding hydrogens is 232 g/mol. The number of nitrogens with zero attached hydrogens (tertiary/aromatic N) is 1. The fourth-order valence-corrected chi connectivity index (χ4v) is 4.06. The van der Waals surface area contributed by atoms with Crippen molar-refractivity contribution < 1.29 is 0 Å². The van der Waals surface area contributed by atoms with E-state index in [4.69, 9.17) is 5.73 Å². The van der Waals surface area contributed by atoms with E-state index in [-0.39, 0.29) is 6.04 Å². The minimum absolute atomic E-state index is 0.125. The second-order valence-corrected chi connectivity index (χ2v) is 6.29. The Morgan fingerprint density at radius 2 is 1.84 bits per heavy atom. The number of nitrogens with two attached hydrogens (primary N) is 1. The van der Waals surface area contributed by atoms with Crippen molar-refractivity contribution in [2.75, 3.05) is 11.4 Å². The second kappa shape index (κ2) is 5.54. The summed E-state index contributed by atoms with van der Waals surface area (Å²) in [4.78, 5) is 2.67. The highest BCUT2D eigenvalue weighted by Gasteiger charge is 2.34. The summed E-state index contributed by atoms with van der Waals surface area (Å²) >= 11 is 0. The number of hydrogen-bond acceptors (Lipinski definition) is 2. The van der Waals surface area contributed by atoms with Gasteiger partial charge in [0.25, 0.3) is 0 Å². The molecule has 1 aromatic carbocycles. The first-order valence-corrected chi connectivity index (χ1v) is 7.88. The second-order valence-electron chi connectivity index (χ2n) is 6.29. The molecule has 0 bridgehead atoms. The summed E-state index contributed by atoms with van der Waals surface area (Å²) < 4.78 is 0. The fraction of sp³-hybridized carbons (Fsp3) is 0.647. The van der Waals surface area contributed by atoms with Gasteiger partial charge in [0, 0.05) is 24.3 Å². The third kappa shape index (κ3) is 2.51. The molecule has 1 saturated heterocycles. The van der Waals surface area contributed by atoms with E-state index in [1.165, 1.54) is 56.3 Å². The van der Waals surface area contributed by atoms with Crippen molar-refractivity contribution in [1.82, 2.24) is 0 Å². The Kier molecular flexibility index (Phi) is 3.79. The van der Waals surface area contributed by atoms with Gasteiger partial charge in [0.05, 0.1) is 0 Å². The predicted molar refractivity (Wildman–Crippen MR) is 81.4 cm³/mol. The summed E-state index contributed by atoms with van der Waals surface area (Å²) in [7, 11) is 0. The SMILES string of the molecule is C[C@@H](N)c1ccccc1N1CCCC2CCCCC21. The van der Waals surface area contributed by atoms with Crippen molar-refractivity contribution in [1.29, 1.82) is 0 Å². The normalized spacial score (nSPS) is 28.8. The van der Waals surface area contributed by atoms with Gasteiger partial charge in [0.2, 0.25) is 0 Å². The Morgan fingerprint density at radius 3 is 2.68 bits per heavy atom. The Hall–Kier alpha value is -1.02. The van der Waals surface area contributed by atoms with Gasteiger partial charge in [-0.1, -0.05) is 31.0 Å². The molecule has 2 nitrogen and oxygen atoms in total. The number of benzene rings is 1. The van der Waals surface area contributed by atoms with Crippen LogP contribution in [0, 0.1) is 5.92 Å². The minimum Gasteiger partial charge on any atom is -0.368 e. The van der Waals surface area contributed by atoms with Gasteiger partial charge in [-0.2, -0.15) is 0 Å². The summed E-state index contributed by atoms with van der Waals surface area (Å²) in [6.45, 7) is 3.31. The summed E-state index contributed by atoms with van der Waals surface area (Å²) in [5.41, 5.74) is 8.87. The third-order valence-electron chi connectivity index (χ3n) is 4.98. The lowest BCUT2D eigenvalue weighted by molar-refractivity contribution is 0.243. The summed E-state index contributed by atoms with van der Waals surface area (Å²) in [6, 6.07) is 9.64. The van der Waals surface area contributed by atoms with Gasteiger partial charge in [-0.25, -0.2) is 0 Å². The zero-order valence-corrected chi connectivity index (χ0v) is 12.0. The minimum atomic E-state index is 0.125. The van der Waals surface area contributed by atoms with Gasteiger partial charge in [-0.05, 0) is 50.2 Å². The van der Waals surface area contributed by atoms with Crippen LogP contribution in [0.2, 0.25) is 0 Å². The van der Waals surface area contributed by atoms with Crippen LogP contribution in [0.3, 0.4) is 0 Å². The number of piperidine rings is 1. The molecule has 2 heteroatoms. The molecule has 1 saturated carbocycles. The van der Waals surface area contributed by atoms with E-state index in [2.05, 4.69) is 36.1 Å². The third-order valence-corrected chi connectivity index (χ3v) is 4.98. The molecule has 3 rings (SSSR count).